The normalized spacial score (nSPS) is 10.7. The van der Waals surface area contributed by atoms with Crippen molar-refractivity contribution in [3.63, 3.8) is 0 Å². The highest BCUT2D eigenvalue weighted by atomic mass is 16.6. The van der Waals surface area contributed by atoms with Crippen LogP contribution in [0.3, 0.4) is 0 Å². The maximum absolute atomic E-state index is 13.2. The number of hydrogen-bond acceptors (Lipinski definition) is 4. The average Bonchev–Trinajstić information content (AvgIpc) is 3.23. The second-order valence-electron chi connectivity index (χ2n) is 7.72. The van der Waals surface area contributed by atoms with Crippen molar-refractivity contribution in [3.8, 4) is 16.9 Å². The molecule has 1 aromatic heterocycles. The fraction of sp³-hybridized carbons (Fsp3) is 0.120. The lowest BCUT2D eigenvalue weighted by Crippen LogP contribution is -2.17. The first-order chi connectivity index (χ1) is 15.3. The van der Waals surface area contributed by atoms with E-state index in [0.717, 1.165) is 22.3 Å². The minimum atomic E-state index is -0.469. The summed E-state index contributed by atoms with van der Waals surface area (Å²) in [5.41, 5.74) is 6.11. The first kappa shape index (κ1) is 21.0. The van der Waals surface area contributed by atoms with Gasteiger partial charge in [0.1, 0.15) is 5.69 Å². The van der Waals surface area contributed by atoms with Crippen LogP contribution in [0.4, 0.5) is 11.4 Å². The summed E-state index contributed by atoms with van der Waals surface area (Å²) in [6, 6.07) is 21.2. The predicted molar refractivity (Wildman–Crippen MR) is 124 cm³/mol. The third-order valence-electron chi connectivity index (χ3n) is 5.34. The fourth-order valence-corrected chi connectivity index (χ4v) is 3.35. The monoisotopic (exact) mass is 426 g/mol. The van der Waals surface area contributed by atoms with Gasteiger partial charge in [-0.25, -0.2) is 4.68 Å². The maximum atomic E-state index is 13.2. The first-order valence-electron chi connectivity index (χ1n) is 10.1. The van der Waals surface area contributed by atoms with E-state index in [1.807, 2.05) is 63.2 Å². The van der Waals surface area contributed by atoms with E-state index in [4.69, 9.17) is 0 Å². The van der Waals surface area contributed by atoms with Crippen LogP contribution in [0.1, 0.15) is 27.2 Å². The third-order valence-corrected chi connectivity index (χ3v) is 5.34. The number of nitrogens with zero attached hydrogens (tertiary/aromatic N) is 3. The van der Waals surface area contributed by atoms with E-state index in [2.05, 4.69) is 10.4 Å². The van der Waals surface area contributed by atoms with Crippen LogP contribution in [-0.4, -0.2) is 20.6 Å². The number of non-ortho nitro benzene ring substituents is 1. The number of nitrogens with one attached hydrogen (secondary N) is 1. The smallest absolute Gasteiger partial charge is 0.274 e. The van der Waals surface area contributed by atoms with Crippen LogP contribution in [0.2, 0.25) is 0 Å². The number of nitro groups is 1. The van der Waals surface area contributed by atoms with Crippen molar-refractivity contribution in [2.75, 3.05) is 5.32 Å². The largest absolute Gasteiger partial charge is 0.321 e. The highest BCUT2D eigenvalue weighted by Crippen LogP contribution is 2.26. The number of aromatic nitrogens is 2. The van der Waals surface area contributed by atoms with Crippen LogP contribution in [-0.2, 0) is 0 Å². The van der Waals surface area contributed by atoms with Crippen LogP contribution in [0, 0.1) is 30.9 Å². The second kappa shape index (κ2) is 8.47. The van der Waals surface area contributed by atoms with Gasteiger partial charge in [0.2, 0.25) is 0 Å². The molecule has 7 heteroatoms. The molecule has 3 aromatic carbocycles. The molecule has 1 N–H and O–H groups in total. The predicted octanol–water partition coefficient (Wildman–Crippen LogP) is 5.63. The van der Waals surface area contributed by atoms with Gasteiger partial charge >= 0.3 is 0 Å². The standard InChI is InChI=1S/C25H22N4O3/c1-16-7-11-20(12-8-16)26-25(30)24-15-23(19-10-9-17(2)18(3)13-19)27-28(24)21-5-4-6-22(14-21)29(31)32/h4-15H,1-3H3,(H,26,30). The van der Waals surface area contributed by atoms with Crippen molar-refractivity contribution in [2.45, 2.75) is 20.8 Å². The lowest BCUT2D eigenvalue weighted by molar-refractivity contribution is -0.384. The molecule has 0 fully saturated rings. The summed E-state index contributed by atoms with van der Waals surface area (Å²) >= 11 is 0. The molecule has 0 aliphatic rings. The number of benzene rings is 3. The number of amides is 1. The summed E-state index contributed by atoms with van der Waals surface area (Å²) in [6.45, 7) is 6.02. The van der Waals surface area contributed by atoms with Crippen molar-refractivity contribution < 1.29 is 9.72 Å². The molecule has 1 amide bonds. The molecule has 0 unspecified atom stereocenters. The Morgan fingerprint density at radius 1 is 0.938 bits per heavy atom. The minimum absolute atomic E-state index is 0.0735. The Labute approximate surface area is 185 Å². The third kappa shape index (κ3) is 4.27. The van der Waals surface area contributed by atoms with Gasteiger partial charge < -0.3 is 5.32 Å². The van der Waals surface area contributed by atoms with Crippen LogP contribution in [0.15, 0.2) is 72.8 Å². The molecule has 0 saturated heterocycles. The van der Waals surface area contributed by atoms with E-state index >= 15 is 0 Å². The summed E-state index contributed by atoms with van der Waals surface area (Å²) in [7, 11) is 0. The summed E-state index contributed by atoms with van der Waals surface area (Å²) in [5.74, 6) is -0.358. The Balaban J connectivity index is 1.80. The molecule has 7 nitrogen and oxygen atoms in total. The lowest BCUT2D eigenvalue weighted by atomic mass is 10.0. The highest BCUT2D eigenvalue weighted by molar-refractivity contribution is 6.04. The molecule has 0 bridgehead atoms. The Bertz CT molecular complexity index is 1320. The molecule has 32 heavy (non-hydrogen) atoms. The van der Waals surface area contributed by atoms with E-state index in [-0.39, 0.29) is 17.3 Å². The van der Waals surface area contributed by atoms with E-state index in [0.29, 0.717) is 17.1 Å². The second-order valence-corrected chi connectivity index (χ2v) is 7.72. The van der Waals surface area contributed by atoms with Gasteiger partial charge in [-0.15, -0.1) is 0 Å². The van der Waals surface area contributed by atoms with Crippen LogP contribution < -0.4 is 5.32 Å². The fourth-order valence-electron chi connectivity index (χ4n) is 3.35. The average molecular weight is 426 g/mol. The van der Waals surface area contributed by atoms with Crippen LogP contribution in [0.5, 0.6) is 0 Å². The Morgan fingerprint density at radius 2 is 1.69 bits per heavy atom. The van der Waals surface area contributed by atoms with E-state index < -0.39 is 4.92 Å². The molecule has 0 saturated carbocycles. The number of hydrogen-bond donors (Lipinski definition) is 1. The maximum Gasteiger partial charge on any atom is 0.274 e. The van der Waals surface area contributed by atoms with Crippen molar-refractivity contribution in [1.29, 1.82) is 0 Å². The van der Waals surface area contributed by atoms with Crippen molar-refractivity contribution >= 4 is 17.3 Å². The lowest BCUT2D eigenvalue weighted by Gasteiger charge is -2.08. The Hall–Kier alpha value is -4.26. The van der Waals surface area contributed by atoms with Gasteiger partial charge in [-0.1, -0.05) is 35.9 Å². The molecule has 1 heterocycles. The first-order valence-corrected chi connectivity index (χ1v) is 10.1. The summed E-state index contributed by atoms with van der Waals surface area (Å²) in [4.78, 5) is 24.0. The van der Waals surface area contributed by atoms with Crippen molar-refractivity contribution in [1.82, 2.24) is 9.78 Å². The van der Waals surface area contributed by atoms with Gasteiger partial charge in [-0.3, -0.25) is 14.9 Å². The van der Waals surface area contributed by atoms with Crippen LogP contribution in [0.25, 0.3) is 16.9 Å². The van der Waals surface area contributed by atoms with E-state index in [1.54, 1.807) is 18.2 Å². The van der Waals surface area contributed by atoms with E-state index in [9.17, 15) is 14.9 Å². The molecule has 4 rings (SSSR count). The molecular formula is C25H22N4O3. The molecule has 0 radical (unpaired) electrons. The SMILES string of the molecule is Cc1ccc(NC(=O)c2cc(-c3ccc(C)c(C)c3)nn2-c2cccc([N+](=O)[O-])c2)cc1. The summed E-state index contributed by atoms with van der Waals surface area (Å²) < 4.78 is 1.45. The quantitative estimate of drug-likeness (QED) is 0.331. The molecule has 4 aromatic rings. The molecule has 0 aliphatic heterocycles. The number of aryl methyl sites for hydroxylation is 3. The molecular weight excluding hydrogens is 404 g/mol. The van der Waals surface area contributed by atoms with Gasteiger partial charge in [0, 0.05) is 23.4 Å². The van der Waals surface area contributed by atoms with Gasteiger partial charge in [0.05, 0.1) is 16.3 Å². The topological polar surface area (TPSA) is 90.1 Å². The van der Waals surface area contributed by atoms with Gasteiger partial charge in [-0.05, 0) is 62.2 Å². The molecule has 0 spiro atoms. The molecule has 160 valence electrons. The molecule has 0 aliphatic carbocycles. The summed E-state index contributed by atoms with van der Waals surface area (Å²) in [6.07, 6.45) is 0. The number of nitro benzene ring substituents is 1. The number of carbonyl (C=O) groups is 1. The van der Waals surface area contributed by atoms with Crippen molar-refractivity contribution in [3.05, 3.63) is 105 Å². The van der Waals surface area contributed by atoms with Gasteiger partial charge in [0.15, 0.2) is 0 Å². The summed E-state index contributed by atoms with van der Waals surface area (Å²) in [5, 5.41) is 18.8. The van der Waals surface area contributed by atoms with Gasteiger partial charge in [0.25, 0.3) is 11.6 Å². The van der Waals surface area contributed by atoms with Crippen LogP contribution >= 0.6 is 0 Å². The van der Waals surface area contributed by atoms with Crippen molar-refractivity contribution in [2.24, 2.45) is 0 Å². The molecule has 0 atom stereocenters. The number of carbonyl (C=O) groups excluding carboxylic acids is 1. The minimum Gasteiger partial charge on any atom is -0.321 e. The van der Waals surface area contributed by atoms with E-state index in [1.165, 1.54) is 16.8 Å². The van der Waals surface area contributed by atoms with Gasteiger partial charge in [-0.2, -0.15) is 5.10 Å². The highest BCUT2D eigenvalue weighted by Gasteiger charge is 2.19. The zero-order chi connectivity index (χ0) is 22.8. The zero-order valence-corrected chi connectivity index (χ0v) is 18.0. The number of anilines is 1. The Kier molecular flexibility index (Phi) is 5.55. The zero-order valence-electron chi connectivity index (χ0n) is 18.0. The Morgan fingerprint density at radius 3 is 2.38 bits per heavy atom. The number of rotatable bonds is 5.